The lowest BCUT2D eigenvalue weighted by Crippen LogP contribution is -2.43. The second kappa shape index (κ2) is 6.12. The zero-order chi connectivity index (χ0) is 15.7. The molecular weight excluding hydrogens is 300 g/mol. The normalized spacial score (nSPS) is 22.6. The Kier molecular flexibility index (Phi) is 4.20. The van der Waals surface area contributed by atoms with Gasteiger partial charge in [-0.25, -0.2) is 4.79 Å². The van der Waals surface area contributed by atoms with Gasteiger partial charge in [-0.15, -0.1) is 0 Å². The Balaban J connectivity index is 1.67. The number of hydrogen-bond acceptors (Lipinski definition) is 3. The second-order valence-electron chi connectivity index (χ2n) is 5.72. The average Bonchev–Trinajstić information content (AvgIpc) is 3.03. The number of aryl methyl sites for hydroxylation is 1. The van der Waals surface area contributed by atoms with Gasteiger partial charge in [-0.1, -0.05) is 18.2 Å². The fourth-order valence-corrected chi connectivity index (χ4v) is 4.29. The van der Waals surface area contributed by atoms with Gasteiger partial charge in [0.05, 0.1) is 6.04 Å². The third kappa shape index (κ3) is 3.02. The van der Waals surface area contributed by atoms with Gasteiger partial charge in [0.1, 0.15) is 11.3 Å². The van der Waals surface area contributed by atoms with E-state index in [1.54, 1.807) is 0 Å². The molecule has 1 saturated heterocycles. The monoisotopic (exact) mass is 320 g/mol. The Bertz CT molecular complexity index is 725. The van der Waals surface area contributed by atoms with Gasteiger partial charge in [0.2, 0.25) is 0 Å². The molecular formula is C16H20N2O3S. The first-order valence-corrected chi connectivity index (χ1v) is 8.93. The Morgan fingerprint density at radius 1 is 1.41 bits per heavy atom. The van der Waals surface area contributed by atoms with E-state index in [2.05, 4.69) is 10.6 Å². The quantitative estimate of drug-likeness (QED) is 0.913. The van der Waals surface area contributed by atoms with E-state index in [0.29, 0.717) is 11.5 Å². The maximum atomic E-state index is 12.1. The van der Waals surface area contributed by atoms with Crippen LogP contribution in [0.1, 0.15) is 30.7 Å². The maximum absolute atomic E-state index is 12.1. The first kappa shape index (κ1) is 15.1. The molecule has 22 heavy (non-hydrogen) atoms. The number of nitrogens with one attached hydrogen (secondary N) is 2. The minimum atomic E-state index is -0.793. The molecule has 0 saturated carbocycles. The van der Waals surface area contributed by atoms with Crippen LogP contribution in [-0.2, 0) is 10.8 Å². The number of amides is 2. The summed E-state index contributed by atoms with van der Waals surface area (Å²) in [7, 11) is -0.793. The molecule has 2 unspecified atom stereocenters. The maximum Gasteiger partial charge on any atom is 0.315 e. The van der Waals surface area contributed by atoms with E-state index in [9.17, 15) is 9.00 Å². The highest BCUT2D eigenvalue weighted by Gasteiger charge is 2.24. The standard InChI is InChI=1S/C16H20N2O3S/c1-10-13-5-3-4-6-14(13)21-15(10)11(2)17-16(19)18-12-7-8-22(20)9-12/h3-6,11-12H,7-9H2,1-2H3,(H2,17,18,19)/t11-,12?,22?/m1/s1. The van der Waals surface area contributed by atoms with Crippen LogP contribution >= 0.6 is 0 Å². The number of rotatable bonds is 3. The van der Waals surface area contributed by atoms with Crippen LogP contribution in [0.2, 0.25) is 0 Å². The summed E-state index contributed by atoms with van der Waals surface area (Å²) in [6.07, 6.45) is 0.776. The van der Waals surface area contributed by atoms with Crippen molar-refractivity contribution < 1.29 is 13.4 Å². The number of fused-ring (bicyclic) bond motifs is 1. The minimum Gasteiger partial charge on any atom is -0.459 e. The fourth-order valence-electron chi connectivity index (χ4n) is 2.87. The molecule has 2 N–H and O–H groups in total. The molecule has 0 aliphatic carbocycles. The molecule has 2 heterocycles. The molecule has 0 radical (unpaired) electrons. The lowest BCUT2D eigenvalue weighted by atomic mass is 10.1. The van der Waals surface area contributed by atoms with E-state index in [1.807, 2.05) is 38.1 Å². The summed E-state index contributed by atoms with van der Waals surface area (Å²) in [4.78, 5) is 12.1. The van der Waals surface area contributed by atoms with Gasteiger partial charge in [0, 0.05) is 39.3 Å². The van der Waals surface area contributed by atoms with E-state index >= 15 is 0 Å². The van der Waals surface area contributed by atoms with E-state index in [1.165, 1.54) is 0 Å². The van der Waals surface area contributed by atoms with E-state index in [4.69, 9.17) is 4.42 Å². The van der Waals surface area contributed by atoms with Crippen LogP contribution in [-0.4, -0.2) is 27.8 Å². The van der Waals surface area contributed by atoms with Crippen LogP contribution in [0.5, 0.6) is 0 Å². The van der Waals surface area contributed by atoms with Crippen molar-refractivity contribution in [3.63, 3.8) is 0 Å². The Labute approximate surface area is 131 Å². The number of hydrogen-bond donors (Lipinski definition) is 2. The number of furan rings is 1. The Morgan fingerprint density at radius 3 is 2.86 bits per heavy atom. The third-order valence-corrected chi connectivity index (χ3v) is 5.50. The summed E-state index contributed by atoms with van der Waals surface area (Å²) >= 11 is 0. The van der Waals surface area contributed by atoms with Crippen molar-refractivity contribution in [3.05, 3.63) is 35.6 Å². The highest BCUT2D eigenvalue weighted by Crippen LogP contribution is 2.29. The molecule has 2 amide bonds. The van der Waals surface area contributed by atoms with Crippen LogP contribution in [0.4, 0.5) is 4.79 Å². The van der Waals surface area contributed by atoms with Crippen molar-refractivity contribution >= 4 is 27.8 Å². The van der Waals surface area contributed by atoms with E-state index in [-0.39, 0.29) is 18.1 Å². The Hall–Kier alpha value is -1.82. The molecule has 0 bridgehead atoms. The van der Waals surface area contributed by atoms with Gasteiger partial charge in [-0.3, -0.25) is 4.21 Å². The summed E-state index contributed by atoms with van der Waals surface area (Å²) in [6, 6.07) is 7.38. The molecule has 2 aromatic rings. The summed E-state index contributed by atoms with van der Waals surface area (Å²) in [5.41, 5.74) is 1.88. The molecule has 3 rings (SSSR count). The van der Waals surface area contributed by atoms with Gasteiger partial charge in [0.15, 0.2) is 0 Å². The Morgan fingerprint density at radius 2 is 2.18 bits per heavy atom. The van der Waals surface area contributed by atoms with Crippen molar-refractivity contribution in [2.45, 2.75) is 32.4 Å². The smallest absolute Gasteiger partial charge is 0.315 e. The molecule has 1 aromatic heterocycles. The minimum absolute atomic E-state index is 0.00445. The number of benzene rings is 1. The van der Waals surface area contributed by atoms with Crippen LogP contribution in [0.15, 0.2) is 28.7 Å². The molecule has 118 valence electrons. The number of urea groups is 1. The summed E-state index contributed by atoms with van der Waals surface area (Å²) in [5.74, 6) is 1.99. The molecule has 6 heteroatoms. The molecule has 1 fully saturated rings. The predicted octanol–water partition coefficient (Wildman–Crippen LogP) is 2.62. The highest BCUT2D eigenvalue weighted by atomic mass is 32.2. The van der Waals surface area contributed by atoms with Gasteiger partial charge in [-0.05, 0) is 26.3 Å². The molecule has 5 nitrogen and oxygen atoms in total. The second-order valence-corrected chi connectivity index (χ2v) is 7.34. The van der Waals surface area contributed by atoms with Crippen LogP contribution in [0.25, 0.3) is 11.0 Å². The van der Waals surface area contributed by atoms with Gasteiger partial charge < -0.3 is 15.1 Å². The summed E-state index contributed by atoms with van der Waals surface area (Å²) in [6.45, 7) is 3.90. The lowest BCUT2D eigenvalue weighted by molar-refractivity contribution is 0.233. The first-order chi connectivity index (χ1) is 10.5. The van der Waals surface area contributed by atoms with Gasteiger partial charge in [-0.2, -0.15) is 0 Å². The van der Waals surface area contributed by atoms with Gasteiger partial charge >= 0.3 is 6.03 Å². The number of carbonyl (C=O) groups excluding carboxylic acids is 1. The molecule has 3 atom stereocenters. The third-order valence-electron chi connectivity index (χ3n) is 4.04. The topological polar surface area (TPSA) is 71.3 Å². The summed E-state index contributed by atoms with van der Waals surface area (Å²) in [5, 5.41) is 6.84. The molecule has 1 aromatic carbocycles. The molecule has 0 spiro atoms. The fraction of sp³-hybridized carbons (Fsp3) is 0.438. The highest BCUT2D eigenvalue weighted by molar-refractivity contribution is 7.85. The van der Waals surface area contributed by atoms with Crippen LogP contribution < -0.4 is 10.6 Å². The number of carbonyl (C=O) groups is 1. The van der Waals surface area contributed by atoms with Crippen LogP contribution in [0.3, 0.4) is 0 Å². The molecule has 1 aliphatic rings. The van der Waals surface area contributed by atoms with Crippen molar-refractivity contribution in [1.82, 2.24) is 10.6 Å². The van der Waals surface area contributed by atoms with Crippen molar-refractivity contribution in [2.75, 3.05) is 11.5 Å². The van der Waals surface area contributed by atoms with Crippen molar-refractivity contribution in [3.8, 4) is 0 Å². The SMILES string of the molecule is Cc1c([C@@H](C)NC(=O)NC2CCS(=O)C2)oc2ccccc12. The predicted molar refractivity (Wildman–Crippen MR) is 87.3 cm³/mol. The summed E-state index contributed by atoms with van der Waals surface area (Å²) < 4.78 is 17.2. The van der Waals surface area contributed by atoms with Crippen molar-refractivity contribution in [2.24, 2.45) is 0 Å². The zero-order valence-corrected chi connectivity index (χ0v) is 13.5. The van der Waals surface area contributed by atoms with Crippen LogP contribution in [0, 0.1) is 6.92 Å². The lowest BCUT2D eigenvalue weighted by Gasteiger charge is -2.16. The number of para-hydroxylation sites is 1. The van der Waals surface area contributed by atoms with E-state index < -0.39 is 10.8 Å². The largest absolute Gasteiger partial charge is 0.459 e. The zero-order valence-electron chi connectivity index (χ0n) is 12.7. The van der Waals surface area contributed by atoms with E-state index in [0.717, 1.165) is 28.7 Å². The average molecular weight is 320 g/mol. The molecule has 1 aliphatic heterocycles. The van der Waals surface area contributed by atoms with Gasteiger partial charge in [0.25, 0.3) is 0 Å². The van der Waals surface area contributed by atoms with Crippen molar-refractivity contribution in [1.29, 1.82) is 0 Å². The first-order valence-electron chi connectivity index (χ1n) is 7.44.